The van der Waals surface area contributed by atoms with Crippen molar-refractivity contribution in [1.29, 1.82) is 0 Å². The summed E-state index contributed by atoms with van der Waals surface area (Å²) in [6.07, 6.45) is 2.99. The molecular weight excluding hydrogens is 586 g/mol. The number of nitrogens with one attached hydrogen (secondary N) is 2. The van der Waals surface area contributed by atoms with Gasteiger partial charge in [-0.05, 0) is 67.0 Å². The van der Waals surface area contributed by atoms with Crippen LogP contribution in [0.5, 0.6) is 17.4 Å². The van der Waals surface area contributed by atoms with Crippen LogP contribution in [-0.2, 0) is 27.3 Å². The summed E-state index contributed by atoms with van der Waals surface area (Å²) < 4.78 is 29.3. The van der Waals surface area contributed by atoms with Gasteiger partial charge in [-0.1, -0.05) is 38.1 Å². The van der Waals surface area contributed by atoms with Gasteiger partial charge in [0.1, 0.15) is 24.2 Å². The van der Waals surface area contributed by atoms with Gasteiger partial charge in [-0.3, -0.25) is 9.89 Å². The number of carbonyl (C=O) groups excluding carboxylic acids is 1. The molecule has 0 unspecified atom stereocenters. The first-order valence-electron chi connectivity index (χ1n) is 15.9. The van der Waals surface area contributed by atoms with Gasteiger partial charge in [-0.2, -0.15) is 10.2 Å². The maximum Gasteiger partial charge on any atom is 0.233 e. The van der Waals surface area contributed by atoms with Crippen molar-refractivity contribution >= 4 is 11.7 Å². The molecule has 46 heavy (non-hydrogen) atoms. The van der Waals surface area contributed by atoms with Crippen molar-refractivity contribution in [1.82, 2.24) is 20.4 Å². The molecule has 2 aromatic carbocycles. The molecule has 2 aromatic heterocycles. The number of rotatable bonds is 13. The predicted octanol–water partition coefficient (Wildman–Crippen LogP) is 6.24. The fraction of sp³-hybridized carbons (Fsp3) is 0.429. The molecule has 1 saturated carbocycles. The van der Waals surface area contributed by atoms with Gasteiger partial charge in [0.2, 0.25) is 11.8 Å². The highest BCUT2D eigenvalue weighted by atomic mass is 16.7. The molecule has 1 saturated heterocycles. The van der Waals surface area contributed by atoms with Crippen molar-refractivity contribution in [2.24, 2.45) is 0 Å². The van der Waals surface area contributed by atoms with E-state index in [2.05, 4.69) is 39.6 Å². The summed E-state index contributed by atoms with van der Waals surface area (Å²) in [5, 5.41) is 18.9. The van der Waals surface area contributed by atoms with E-state index in [0.29, 0.717) is 49.6 Å². The lowest BCUT2D eigenvalue weighted by Crippen LogP contribution is -2.14. The number of aromatic nitrogens is 4. The van der Waals surface area contributed by atoms with E-state index in [4.69, 9.17) is 23.7 Å². The van der Waals surface area contributed by atoms with Crippen LogP contribution in [0.15, 0.2) is 60.7 Å². The Morgan fingerprint density at radius 3 is 2.61 bits per heavy atom. The quantitative estimate of drug-likeness (QED) is 0.177. The number of hydrogen-bond acceptors (Lipinski definition) is 9. The summed E-state index contributed by atoms with van der Waals surface area (Å²) in [4.78, 5) is 13.0. The van der Waals surface area contributed by atoms with Gasteiger partial charge in [0.05, 0.1) is 31.6 Å². The number of aryl methyl sites for hydroxylation is 1. The second kappa shape index (κ2) is 14.7. The van der Waals surface area contributed by atoms with Gasteiger partial charge in [-0.15, -0.1) is 5.10 Å². The standard InChI is InChI=1S/C35H41N5O6/c1-22(2)28-14-16-33(40-37-28)46-27-13-9-25(19-27)29-20-31(39-38-29)36-32(41)15-10-24-5-4-6-30(34(24)35-43-17-18-44-35)45-21-23-7-11-26(42-3)12-8-23/h4-8,11-12,14,16,20,22,25,27,35H,9-10,13,15,17-19,21H2,1-3H3,(H2,36,38,39,41)/t25-,27+/m0/s1. The zero-order chi connectivity index (χ0) is 31.9. The number of H-pyrrole nitrogens is 1. The SMILES string of the molecule is COc1ccc(COc2cccc(CCC(=O)Nc3cc([C@H]4CC[C@@H](Oc5ccc(C(C)C)nn5)C4)[nH]n3)c2C2OCCO2)cc1. The normalized spacial score (nSPS) is 18.2. The number of methoxy groups -OCH3 is 1. The Labute approximate surface area is 269 Å². The number of carbonyl (C=O) groups is 1. The van der Waals surface area contributed by atoms with Crippen LogP contribution in [0.2, 0.25) is 0 Å². The lowest BCUT2D eigenvalue weighted by atomic mass is 10.0. The minimum atomic E-state index is -0.537. The third-order valence-corrected chi connectivity index (χ3v) is 8.42. The highest BCUT2D eigenvalue weighted by Gasteiger charge is 2.30. The number of anilines is 1. The van der Waals surface area contributed by atoms with E-state index in [1.165, 1.54) is 0 Å². The lowest BCUT2D eigenvalue weighted by molar-refractivity contribution is -0.116. The summed E-state index contributed by atoms with van der Waals surface area (Å²) in [6, 6.07) is 19.4. The topological polar surface area (TPSA) is 130 Å². The average molecular weight is 628 g/mol. The van der Waals surface area contributed by atoms with Crippen molar-refractivity contribution in [3.63, 3.8) is 0 Å². The van der Waals surface area contributed by atoms with E-state index in [-0.39, 0.29) is 24.3 Å². The van der Waals surface area contributed by atoms with Crippen molar-refractivity contribution < 1.29 is 28.5 Å². The van der Waals surface area contributed by atoms with Crippen LogP contribution < -0.4 is 19.5 Å². The first-order chi connectivity index (χ1) is 22.4. The van der Waals surface area contributed by atoms with Gasteiger partial charge in [-0.25, -0.2) is 0 Å². The molecular formula is C35H41N5O6. The van der Waals surface area contributed by atoms with Crippen molar-refractivity contribution in [2.45, 2.75) is 76.8 Å². The van der Waals surface area contributed by atoms with E-state index in [0.717, 1.165) is 53.1 Å². The highest BCUT2D eigenvalue weighted by molar-refractivity contribution is 5.89. The first-order valence-corrected chi connectivity index (χ1v) is 15.9. The molecule has 1 aliphatic carbocycles. The maximum atomic E-state index is 13.0. The number of hydrogen-bond donors (Lipinski definition) is 2. The summed E-state index contributed by atoms with van der Waals surface area (Å²) in [5.74, 6) is 3.00. The zero-order valence-corrected chi connectivity index (χ0v) is 26.5. The molecule has 0 spiro atoms. The maximum absolute atomic E-state index is 13.0. The molecule has 1 aliphatic heterocycles. The van der Waals surface area contributed by atoms with E-state index >= 15 is 0 Å². The molecule has 6 rings (SSSR count). The van der Waals surface area contributed by atoms with E-state index in [1.54, 1.807) is 7.11 Å². The zero-order valence-electron chi connectivity index (χ0n) is 26.5. The Kier molecular flexibility index (Phi) is 10.1. The summed E-state index contributed by atoms with van der Waals surface area (Å²) >= 11 is 0. The fourth-order valence-electron chi connectivity index (χ4n) is 5.87. The fourth-order valence-corrected chi connectivity index (χ4v) is 5.87. The average Bonchev–Trinajstić information content (AvgIpc) is 3.86. The molecule has 1 amide bonds. The summed E-state index contributed by atoms with van der Waals surface area (Å²) in [7, 11) is 1.64. The van der Waals surface area contributed by atoms with Gasteiger partial charge in [0, 0.05) is 30.2 Å². The van der Waals surface area contributed by atoms with Crippen molar-refractivity contribution in [2.75, 3.05) is 25.6 Å². The van der Waals surface area contributed by atoms with Gasteiger partial charge in [0.25, 0.3) is 0 Å². The number of amides is 1. The molecule has 2 atom stereocenters. The minimum Gasteiger partial charge on any atom is -0.497 e. The number of benzene rings is 2. The Balaban J connectivity index is 1.03. The van der Waals surface area contributed by atoms with Gasteiger partial charge in [0.15, 0.2) is 12.1 Å². The molecule has 11 heteroatoms. The monoisotopic (exact) mass is 627 g/mol. The second-order valence-corrected chi connectivity index (χ2v) is 12.0. The van der Waals surface area contributed by atoms with Gasteiger partial charge < -0.3 is 29.0 Å². The molecule has 2 N–H and O–H groups in total. The minimum absolute atomic E-state index is 0.0588. The van der Waals surface area contributed by atoms with Crippen LogP contribution in [-0.4, -0.2) is 52.7 Å². The summed E-state index contributed by atoms with van der Waals surface area (Å²) in [6.45, 7) is 5.57. The van der Waals surface area contributed by atoms with Crippen LogP contribution in [0.25, 0.3) is 0 Å². The Morgan fingerprint density at radius 2 is 1.87 bits per heavy atom. The Morgan fingerprint density at radius 1 is 1.04 bits per heavy atom. The Bertz CT molecular complexity index is 1580. The van der Waals surface area contributed by atoms with Crippen LogP contribution in [0, 0.1) is 0 Å². The molecule has 0 radical (unpaired) electrons. The molecule has 3 heterocycles. The molecule has 11 nitrogen and oxygen atoms in total. The van der Waals surface area contributed by atoms with Gasteiger partial charge >= 0.3 is 0 Å². The highest BCUT2D eigenvalue weighted by Crippen LogP contribution is 2.37. The number of ether oxygens (including phenoxy) is 5. The molecule has 4 aromatic rings. The van der Waals surface area contributed by atoms with Crippen LogP contribution in [0.4, 0.5) is 5.82 Å². The van der Waals surface area contributed by atoms with Crippen LogP contribution >= 0.6 is 0 Å². The summed E-state index contributed by atoms with van der Waals surface area (Å²) in [5.41, 5.74) is 4.71. The molecule has 242 valence electrons. The first kappa shape index (κ1) is 31.5. The Hall–Kier alpha value is -4.48. The predicted molar refractivity (Wildman–Crippen MR) is 171 cm³/mol. The largest absolute Gasteiger partial charge is 0.497 e. The molecule has 0 bridgehead atoms. The number of aromatic amines is 1. The third-order valence-electron chi connectivity index (χ3n) is 8.42. The third kappa shape index (κ3) is 7.83. The van der Waals surface area contributed by atoms with Crippen LogP contribution in [0.1, 0.15) is 85.7 Å². The smallest absolute Gasteiger partial charge is 0.233 e. The lowest BCUT2D eigenvalue weighted by Gasteiger charge is -2.19. The number of nitrogens with zero attached hydrogens (tertiary/aromatic N) is 3. The van der Waals surface area contributed by atoms with E-state index in [9.17, 15) is 4.79 Å². The van der Waals surface area contributed by atoms with Crippen LogP contribution in [0.3, 0.4) is 0 Å². The van der Waals surface area contributed by atoms with Crippen molar-refractivity contribution in [3.05, 3.63) is 88.7 Å². The second-order valence-electron chi connectivity index (χ2n) is 12.0. The van der Waals surface area contributed by atoms with E-state index in [1.807, 2.05) is 60.7 Å². The molecule has 2 fully saturated rings. The molecule has 2 aliphatic rings. The van der Waals surface area contributed by atoms with E-state index < -0.39 is 6.29 Å². The van der Waals surface area contributed by atoms with Crippen molar-refractivity contribution in [3.8, 4) is 17.4 Å².